The normalized spacial score (nSPS) is 22.4. The molecule has 1 N–H and O–H groups in total. The lowest BCUT2D eigenvalue weighted by atomic mass is 10.1. The first kappa shape index (κ1) is 14.6. The van der Waals surface area contributed by atoms with Crippen molar-refractivity contribution < 1.29 is 19.4 Å². The van der Waals surface area contributed by atoms with E-state index in [9.17, 15) is 9.59 Å². The number of carboxylic acids is 1. The van der Waals surface area contributed by atoms with Crippen molar-refractivity contribution in [1.82, 2.24) is 4.90 Å². The Labute approximate surface area is 118 Å². The molecule has 0 aliphatic carbocycles. The summed E-state index contributed by atoms with van der Waals surface area (Å²) >= 11 is 0. The number of hydrogen-bond donors (Lipinski definition) is 1. The van der Waals surface area contributed by atoms with Crippen LogP contribution < -0.4 is 0 Å². The zero-order valence-corrected chi connectivity index (χ0v) is 11.8. The molecule has 0 aromatic carbocycles. The number of rotatable bonds is 6. The Balaban J connectivity index is 1.80. The maximum absolute atomic E-state index is 12.1. The maximum Gasteiger partial charge on any atom is 0.327 e. The van der Waals surface area contributed by atoms with E-state index >= 15 is 0 Å². The van der Waals surface area contributed by atoms with E-state index in [1.807, 2.05) is 11.8 Å². The molecule has 1 atom stereocenters. The highest BCUT2D eigenvalue weighted by Gasteiger charge is 2.36. The Kier molecular flexibility index (Phi) is 4.82. The van der Waals surface area contributed by atoms with Crippen LogP contribution in [0.1, 0.15) is 45.4 Å². The largest absolute Gasteiger partial charge is 0.478 e. The fourth-order valence-electron chi connectivity index (χ4n) is 2.66. The molecule has 1 saturated heterocycles. The van der Waals surface area contributed by atoms with Gasteiger partial charge in [0.15, 0.2) is 6.23 Å². The third-order valence-electron chi connectivity index (χ3n) is 3.76. The molecular weight excluding hydrogens is 258 g/mol. The Hall–Kier alpha value is -1.78. The van der Waals surface area contributed by atoms with Gasteiger partial charge in [0.25, 0.3) is 5.91 Å². The van der Waals surface area contributed by atoms with Gasteiger partial charge in [-0.2, -0.15) is 0 Å². The Morgan fingerprint density at radius 1 is 1.50 bits per heavy atom. The number of carboxylic acid groups (broad SMARTS) is 1. The van der Waals surface area contributed by atoms with Gasteiger partial charge >= 0.3 is 5.97 Å². The van der Waals surface area contributed by atoms with Gasteiger partial charge in [-0.15, -0.1) is 0 Å². The van der Waals surface area contributed by atoms with Crippen molar-refractivity contribution >= 4 is 11.9 Å². The molecule has 2 rings (SSSR count). The number of fused-ring (bicyclic) bond motifs is 1. The molecule has 0 aromatic heterocycles. The van der Waals surface area contributed by atoms with E-state index in [2.05, 4.69) is 0 Å². The van der Waals surface area contributed by atoms with Crippen molar-refractivity contribution in [2.75, 3.05) is 6.54 Å². The molecule has 0 aromatic rings. The van der Waals surface area contributed by atoms with E-state index in [-0.39, 0.29) is 12.1 Å². The molecule has 0 bridgehead atoms. The van der Waals surface area contributed by atoms with Gasteiger partial charge in [0.1, 0.15) is 5.76 Å². The molecule has 1 unspecified atom stereocenters. The van der Waals surface area contributed by atoms with Gasteiger partial charge < -0.3 is 14.7 Å². The summed E-state index contributed by atoms with van der Waals surface area (Å²) < 4.78 is 5.91. The molecule has 5 nitrogen and oxygen atoms in total. The topological polar surface area (TPSA) is 66.8 Å². The molecule has 0 radical (unpaired) electrons. The minimum absolute atomic E-state index is 0.0619. The van der Waals surface area contributed by atoms with Crippen LogP contribution >= 0.6 is 0 Å². The summed E-state index contributed by atoms with van der Waals surface area (Å²) in [6.07, 6.45) is 7.99. The summed E-state index contributed by atoms with van der Waals surface area (Å²) in [5, 5.41) is 8.47. The molecule has 1 fully saturated rings. The highest BCUT2D eigenvalue weighted by atomic mass is 16.5. The lowest BCUT2D eigenvalue weighted by molar-refractivity contribution is -0.139. The zero-order chi connectivity index (χ0) is 14.5. The van der Waals surface area contributed by atoms with Crippen molar-refractivity contribution in [3.8, 4) is 0 Å². The van der Waals surface area contributed by atoms with Gasteiger partial charge in [-0.05, 0) is 32.6 Å². The number of hydrogen-bond acceptors (Lipinski definition) is 3. The molecule has 5 heteroatoms. The van der Waals surface area contributed by atoms with Gasteiger partial charge in [-0.3, -0.25) is 4.79 Å². The minimum atomic E-state index is -0.911. The highest BCUT2D eigenvalue weighted by Crippen LogP contribution is 2.31. The van der Waals surface area contributed by atoms with E-state index in [0.29, 0.717) is 0 Å². The van der Waals surface area contributed by atoms with Gasteiger partial charge in [-0.1, -0.05) is 6.08 Å². The number of allylic oxidation sites excluding steroid dienone is 2. The van der Waals surface area contributed by atoms with Crippen LogP contribution in [0.3, 0.4) is 0 Å². The third kappa shape index (κ3) is 3.40. The average Bonchev–Trinajstić information content (AvgIpc) is 2.87. The van der Waals surface area contributed by atoms with Crippen LogP contribution in [0, 0.1) is 0 Å². The summed E-state index contributed by atoms with van der Waals surface area (Å²) in [7, 11) is 0. The predicted molar refractivity (Wildman–Crippen MR) is 73.8 cm³/mol. The number of unbranched alkanes of at least 4 members (excludes halogenated alkanes) is 2. The molecule has 2 aliphatic heterocycles. The van der Waals surface area contributed by atoms with Crippen LogP contribution in [0.5, 0.6) is 0 Å². The first-order valence-corrected chi connectivity index (χ1v) is 7.16. The van der Waals surface area contributed by atoms with Gasteiger partial charge in [-0.25, -0.2) is 4.79 Å². The van der Waals surface area contributed by atoms with Crippen LogP contribution in [0.4, 0.5) is 0 Å². The quantitative estimate of drug-likeness (QED) is 0.599. The van der Waals surface area contributed by atoms with Gasteiger partial charge in [0, 0.05) is 25.5 Å². The Morgan fingerprint density at radius 3 is 3.05 bits per heavy atom. The van der Waals surface area contributed by atoms with Crippen molar-refractivity contribution in [2.45, 2.75) is 51.7 Å². The lowest BCUT2D eigenvalue weighted by Crippen LogP contribution is -2.41. The fraction of sp³-hybridized carbons (Fsp3) is 0.600. The summed E-state index contributed by atoms with van der Waals surface area (Å²) in [6, 6.07) is 0. The van der Waals surface area contributed by atoms with Gasteiger partial charge in [0.05, 0.1) is 5.57 Å². The molecule has 1 amide bonds. The second-order valence-corrected chi connectivity index (χ2v) is 5.25. The second kappa shape index (κ2) is 6.59. The predicted octanol–water partition coefficient (Wildman–Crippen LogP) is 2.44. The number of aliphatic carboxylic acids is 1. The van der Waals surface area contributed by atoms with Crippen molar-refractivity contribution in [3.63, 3.8) is 0 Å². The van der Waals surface area contributed by atoms with Crippen molar-refractivity contribution in [1.29, 1.82) is 0 Å². The number of carbonyl (C=O) groups is 2. The van der Waals surface area contributed by atoms with E-state index in [1.165, 1.54) is 6.08 Å². The zero-order valence-electron chi connectivity index (χ0n) is 11.8. The first-order chi connectivity index (χ1) is 9.59. The second-order valence-electron chi connectivity index (χ2n) is 5.25. The van der Waals surface area contributed by atoms with Crippen molar-refractivity contribution in [2.24, 2.45) is 0 Å². The molecule has 0 saturated carbocycles. The lowest BCUT2D eigenvalue weighted by Gasteiger charge is -2.32. The molecule has 2 aliphatic rings. The summed E-state index contributed by atoms with van der Waals surface area (Å²) in [6.45, 7) is 2.63. The minimum Gasteiger partial charge on any atom is -0.478 e. The van der Waals surface area contributed by atoms with Crippen molar-refractivity contribution in [3.05, 3.63) is 23.5 Å². The molecule has 2 heterocycles. The van der Waals surface area contributed by atoms with E-state index < -0.39 is 5.97 Å². The number of amides is 1. The highest BCUT2D eigenvalue weighted by molar-refractivity contribution is 5.94. The van der Waals surface area contributed by atoms with E-state index in [0.717, 1.165) is 56.4 Å². The van der Waals surface area contributed by atoms with E-state index in [1.54, 1.807) is 6.08 Å². The number of carbonyl (C=O) groups excluding carboxylic acids is 1. The van der Waals surface area contributed by atoms with Crippen LogP contribution in [0.2, 0.25) is 0 Å². The van der Waals surface area contributed by atoms with E-state index in [4.69, 9.17) is 9.84 Å². The molecular formula is C15H21NO4. The van der Waals surface area contributed by atoms with Gasteiger partial charge in [0.2, 0.25) is 0 Å². The molecule has 110 valence electrons. The monoisotopic (exact) mass is 279 g/mol. The van der Waals surface area contributed by atoms with Crippen LogP contribution in [-0.2, 0) is 14.3 Å². The van der Waals surface area contributed by atoms with Crippen LogP contribution in [0.25, 0.3) is 0 Å². The summed E-state index contributed by atoms with van der Waals surface area (Å²) in [5.41, 5.74) is 0.726. The fourth-order valence-corrected chi connectivity index (χ4v) is 2.66. The smallest absolute Gasteiger partial charge is 0.327 e. The Morgan fingerprint density at radius 2 is 2.30 bits per heavy atom. The summed E-state index contributed by atoms with van der Waals surface area (Å²) in [4.78, 5) is 24.3. The van der Waals surface area contributed by atoms with Crippen LogP contribution in [-0.4, -0.2) is 34.7 Å². The van der Waals surface area contributed by atoms with Crippen LogP contribution in [0.15, 0.2) is 23.5 Å². The number of ether oxygens (including phenoxy) is 1. The SMILES string of the molecule is CC1=C(CCCC/C=C/C(=O)O)OC2CCCN2C1=O. The first-order valence-electron chi connectivity index (χ1n) is 7.16. The Bertz CT molecular complexity index is 453. The standard InChI is InChI=1S/C15H21NO4/c1-11-12(7-4-2-3-5-9-14(17)18)20-13-8-6-10-16(13)15(11)19/h5,9,13H,2-4,6-8,10H2,1H3,(H,17,18)/b9-5+. The third-order valence-corrected chi connectivity index (χ3v) is 3.76. The number of nitrogens with zero attached hydrogens (tertiary/aromatic N) is 1. The molecule has 20 heavy (non-hydrogen) atoms. The average molecular weight is 279 g/mol. The summed E-state index contributed by atoms with van der Waals surface area (Å²) in [5.74, 6) is 0.0194. The molecule has 0 spiro atoms. The maximum atomic E-state index is 12.1.